The van der Waals surface area contributed by atoms with E-state index in [-0.39, 0.29) is 12.5 Å². The number of hydrogen-bond acceptors (Lipinski definition) is 4. The molecule has 1 atom stereocenters. The van der Waals surface area contributed by atoms with Gasteiger partial charge in [-0.15, -0.1) is 0 Å². The zero-order chi connectivity index (χ0) is 12.7. The van der Waals surface area contributed by atoms with Gasteiger partial charge in [0.25, 0.3) is 0 Å². The molecule has 0 saturated carbocycles. The number of nitrogens with zero attached hydrogens (tertiary/aromatic N) is 3. The minimum atomic E-state index is -0.991. The summed E-state index contributed by atoms with van der Waals surface area (Å²) in [7, 11) is 0. The molecule has 2 N–H and O–H groups in total. The van der Waals surface area contributed by atoms with Gasteiger partial charge in [-0.1, -0.05) is 0 Å². The standard InChI is InChI=1S/C11H12N4O3/c16-10-8-6-14(11(17)18)4-5-15(8)9-7(13-10)2-1-3-12-9/h1-3,8H,4-6H2,(H,13,16)(H,17,18)/t8-/m0/s1. The van der Waals surface area contributed by atoms with E-state index in [1.807, 2.05) is 4.90 Å². The summed E-state index contributed by atoms with van der Waals surface area (Å²) in [6, 6.07) is 3.06. The van der Waals surface area contributed by atoms with Crippen molar-refractivity contribution in [3.05, 3.63) is 18.3 Å². The summed E-state index contributed by atoms with van der Waals surface area (Å²) in [6.45, 7) is 1.04. The first-order chi connectivity index (χ1) is 8.66. The van der Waals surface area contributed by atoms with Crippen LogP contribution >= 0.6 is 0 Å². The van der Waals surface area contributed by atoms with Crippen LogP contribution in [0.4, 0.5) is 16.3 Å². The SMILES string of the molecule is O=C1Nc2cccnc2N2CCN(C(=O)O)C[C@@H]12. The fourth-order valence-electron chi connectivity index (χ4n) is 2.37. The summed E-state index contributed by atoms with van der Waals surface area (Å²) in [5.74, 6) is 0.536. The van der Waals surface area contributed by atoms with Crippen LogP contribution in [0.15, 0.2) is 18.3 Å². The average molecular weight is 248 g/mol. The summed E-state index contributed by atoms with van der Waals surface area (Å²) in [5.41, 5.74) is 0.683. The van der Waals surface area contributed by atoms with E-state index >= 15 is 0 Å². The van der Waals surface area contributed by atoms with Gasteiger partial charge in [0, 0.05) is 19.3 Å². The number of hydrogen-bond donors (Lipinski definition) is 2. The largest absolute Gasteiger partial charge is 0.465 e. The first kappa shape index (κ1) is 10.8. The Morgan fingerprint density at radius 2 is 2.33 bits per heavy atom. The molecule has 2 amide bonds. The van der Waals surface area contributed by atoms with Gasteiger partial charge < -0.3 is 20.2 Å². The minimum absolute atomic E-state index is 0.178. The van der Waals surface area contributed by atoms with Crippen molar-refractivity contribution in [2.45, 2.75) is 6.04 Å². The summed E-state index contributed by atoms with van der Waals surface area (Å²) in [6.07, 6.45) is 0.672. The van der Waals surface area contributed by atoms with Crippen molar-refractivity contribution in [2.75, 3.05) is 29.9 Å². The number of rotatable bonds is 0. The third-order valence-electron chi connectivity index (χ3n) is 3.27. The second kappa shape index (κ2) is 3.86. The molecule has 3 heterocycles. The topological polar surface area (TPSA) is 85.8 Å². The molecule has 2 aliphatic rings. The number of carbonyl (C=O) groups excluding carboxylic acids is 1. The lowest BCUT2D eigenvalue weighted by molar-refractivity contribution is -0.118. The molecule has 1 aromatic heterocycles. The summed E-state index contributed by atoms with van der Waals surface area (Å²) < 4.78 is 0. The third kappa shape index (κ3) is 1.55. The highest BCUT2D eigenvalue weighted by molar-refractivity contribution is 6.03. The highest BCUT2D eigenvalue weighted by Crippen LogP contribution is 2.30. The summed E-state index contributed by atoms with van der Waals surface area (Å²) in [5, 5.41) is 11.7. The summed E-state index contributed by atoms with van der Waals surface area (Å²) >= 11 is 0. The molecule has 0 radical (unpaired) electrons. The van der Waals surface area contributed by atoms with E-state index in [2.05, 4.69) is 10.3 Å². The van der Waals surface area contributed by atoms with Gasteiger partial charge in [0.2, 0.25) is 5.91 Å². The maximum atomic E-state index is 12.0. The number of aromatic nitrogens is 1. The summed E-state index contributed by atoms with van der Waals surface area (Å²) in [4.78, 5) is 30.3. The molecule has 7 heteroatoms. The Labute approximate surface area is 103 Å². The van der Waals surface area contributed by atoms with Crippen LogP contribution in [0, 0.1) is 0 Å². The fraction of sp³-hybridized carbons (Fsp3) is 0.364. The molecule has 1 saturated heterocycles. The highest BCUT2D eigenvalue weighted by atomic mass is 16.4. The van der Waals surface area contributed by atoms with Crippen molar-refractivity contribution in [1.82, 2.24) is 9.88 Å². The smallest absolute Gasteiger partial charge is 0.407 e. The fourth-order valence-corrected chi connectivity index (χ4v) is 2.37. The van der Waals surface area contributed by atoms with Crippen LogP contribution < -0.4 is 10.2 Å². The van der Waals surface area contributed by atoms with Crippen molar-refractivity contribution >= 4 is 23.5 Å². The molecule has 0 aromatic carbocycles. The van der Waals surface area contributed by atoms with Crippen LogP contribution in [0.5, 0.6) is 0 Å². The normalized spacial score (nSPS) is 22.0. The molecule has 7 nitrogen and oxygen atoms in total. The number of carboxylic acid groups (broad SMARTS) is 1. The number of pyridine rings is 1. The molecule has 1 aromatic rings. The van der Waals surface area contributed by atoms with Crippen molar-refractivity contribution in [3.63, 3.8) is 0 Å². The molecule has 0 aliphatic carbocycles. The van der Waals surface area contributed by atoms with Crippen LogP contribution in [0.3, 0.4) is 0 Å². The second-order valence-electron chi connectivity index (χ2n) is 4.30. The number of anilines is 2. The Hall–Kier alpha value is -2.31. The molecule has 2 aliphatic heterocycles. The van der Waals surface area contributed by atoms with E-state index in [0.717, 1.165) is 0 Å². The average Bonchev–Trinajstić information content (AvgIpc) is 2.38. The lowest BCUT2D eigenvalue weighted by Crippen LogP contribution is -2.61. The number of fused-ring (bicyclic) bond motifs is 3. The van der Waals surface area contributed by atoms with Crippen LogP contribution in [0.2, 0.25) is 0 Å². The highest BCUT2D eigenvalue weighted by Gasteiger charge is 2.39. The van der Waals surface area contributed by atoms with E-state index < -0.39 is 12.1 Å². The van der Waals surface area contributed by atoms with Crippen LogP contribution in [0.25, 0.3) is 0 Å². The number of nitrogens with one attached hydrogen (secondary N) is 1. The van der Waals surface area contributed by atoms with Gasteiger partial charge in [0.1, 0.15) is 6.04 Å². The Morgan fingerprint density at radius 3 is 3.11 bits per heavy atom. The molecule has 18 heavy (non-hydrogen) atoms. The Balaban J connectivity index is 1.93. The number of piperazine rings is 1. The molecule has 3 rings (SSSR count). The second-order valence-corrected chi connectivity index (χ2v) is 4.30. The zero-order valence-corrected chi connectivity index (χ0v) is 9.54. The van der Waals surface area contributed by atoms with E-state index in [9.17, 15) is 9.59 Å². The molecular formula is C11H12N4O3. The van der Waals surface area contributed by atoms with E-state index in [1.165, 1.54) is 4.90 Å². The maximum absolute atomic E-state index is 12.0. The van der Waals surface area contributed by atoms with Crippen molar-refractivity contribution in [3.8, 4) is 0 Å². The molecule has 0 bridgehead atoms. The Morgan fingerprint density at radius 1 is 1.50 bits per heavy atom. The third-order valence-corrected chi connectivity index (χ3v) is 3.27. The molecule has 0 unspecified atom stereocenters. The van der Waals surface area contributed by atoms with Crippen molar-refractivity contribution in [1.29, 1.82) is 0 Å². The van der Waals surface area contributed by atoms with Crippen molar-refractivity contribution in [2.24, 2.45) is 0 Å². The predicted molar refractivity (Wildman–Crippen MR) is 63.6 cm³/mol. The van der Waals surface area contributed by atoms with E-state index in [1.54, 1.807) is 18.3 Å². The Bertz CT molecular complexity index is 519. The van der Waals surface area contributed by atoms with Gasteiger partial charge >= 0.3 is 6.09 Å². The molecule has 0 spiro atoms. The van der Waals surface area contributed by atoms with Crippen molar-refractivity contribution < 1.29 is 14.7 Å². The zero-order valence-electron chi connectivity index (χ0n) is 9.54. The van der Waals surface area contributed by atoms with E-state index in [4.69, 9.17) is 5.11 Å². The minimum Gasteiger partial charge on any atom is -0.465 e. The quantitative estimate of drug-likeness (QED) is 0.685. The Kier molecular flexibility index (Phi) is 2.32. The lowest BCUT2D eigenvalue weighted by Gasteiger charge is -2.43. The maximum Gasteiger partial charge on any atom is 0.407 e. The van der Waals surface area contributed by atoms with Crippen LogP contribution in [-0.2, 0) is 4.79 Å². The van der Waals surface area contributed by atoms with E-state index in [0.29, 0.717) is 24.6 Å². The van der Waals surface area contributed by atoms with Gasteiger partial charge in [-0.3, -0.25) is 4.79 Å². The van der Waals surface area contributed by atoms with Gasteiger partial charge in [0.15, 0.2) is 5.82 Å². The first-order valence-electron chi connectivity index (χ1n) is 5.67. The van der Waals surface area contributed by atoms with Gasteiger partial charge in [-0.25, -0.2) is 9.78 Å². The monoisotopic (exact) mass is 248 g/mol. The molecule has 1 fully saturated rings. The molecule has 94 valence electrons. The first-order valence-corrected chi connectivity index (χ1v) is 5.67. The van der Waals surface area contributed by atoms with Crippen LogP contribution in [-0.4, -0.2) is 52.7 Å². The van der Waals surface area contributed by atoms with Gasteiger partial charge in [-0.05, 0) is 12.1 Å². The molecular weight excluding hydrogens is 236 g/mol. The van der Waals surface area contributed by atoms with Crippen LogP contribution in [0.1, 0.15) is 0 Å². The predicted octanol–water partition coefficient (Wildman–Crippen LogP) is 0.202. The van der Waals surface area contributed by atoms with Gasteiger partial charge in [0.05, 0.1) is 12.2 Å². The number of carbonyl (C=O) groups is 2. The van der Waals surface area contributed by atoms with Gasteiger partial charge in [-0.2, -0.15) is 0 Å². The number of amides is 2. The lowest BCUT2D eigenvalue weighted by atomic mass is 10.1.